The Bertz CT molecular complexity index is 395. The number of hydrogen-bond acceptors (Lipinski definition) is 3. The second kappa shape index (κ2) is 7.10. The number of benzene rings is 1. The van der Waals surface area contributed by atoms with Crippen molar-refractivity contribution in [3.63, 3.8) is 0 Å². The van der Waals surface area contributed by atoms with Gasteiger partial charge < -0.3 is 15.2 Å². The molecule has 0 radical (unpaired) electrons. The van der Waals surface area contributed by atoms with Gasteiger partial charge in [0.05, 0.1) is 19.3 Å². The van der Waals surface area contributed by atoms with Crippen LogP contribution in [0.5, 0.6) is 0 Å². The van der Waals surface area contributed by atoms with E-state index in [0.717, 1.165) is 5.56 Å². The Kier molecular flexibility index (Phi) is 5.78. The Balaban J connectivity index is 2.18. The lowest BCUT2D eigenvalue weighted by molar-refractivity contribution is -0.174. The van der Waals surface area contributed by atoms with Gasteiger partial charge in [0.25, 0.3) is 0 Å². The fourth-order valence-electron chi connectivity index (χ4n) is 1.26. The number of carbonyl (C=O) groups excluding carboxylic acids is 1. The molecule has 1 atom stereocenters. The Morgan fingerprint density at radius 3 is 2.53 bits per heavy atom. The van der Waals surface area contributed by atoms with E-state index in [2.05, 4.69) is 0 Å². The second-order valence-corrected chi connectivity index (χ2v) is 3.86. The molecule has 2 N–H and O–H groups in total. The Hall–Kier alpha value is -1.60. The van der Waals surface area contributed by atoms with Crippen LogP contribution in [0, 0.1) is 0 Å². The average molecular weight is 277 g/mol. The zero-order valence-corrected chi connectivity index (χ0v) is 9.98. The Labute approximate surface area is 108 Å². The predicted molar refractivity (Wildman–Crippen MR) is 61.2 cm³/mol. The van der Waals surface area contributed by atoms with Crippen molar-refractivity contribution in [1.82, 2.24) is 5.32 Å². The highest BCUT2D eigenvalue weighted by molar-refractivity contribution is 5.81. The third-order valence-electron chi connectivity index (χ3n) is 2.18. The van der Waals surface area contributed by atoms with Crippen LogP contribution in [0.2, 0.25) is 0 Å². The van der Waals surface area contributed by atoms with E-state index in [-0.39, 0.29) is 13.2 Å². The number of carbonyl (C=O) groups is 1. The van der Waals surface area contributed by atoms with E-state index >= 15 is 0 Å². The lowest BCUT2D eigenvalue weighted by Gasteiger charge is -2.13. The summed E-state index contributed by atoms with van der Waals surface area (Å²) in [6.07, 6.45) is -6.13. The van der Waals surface area contributed by atoms with Crippen LogP contribution in [0.25, 0.3) is 0 Å². The van der Waals surface area contributed by atoms with E-state index in [1.165, 1.54) is 0 Å². The highest BCUT2D eigenvalue weighted by Gasteiger charge is 2.38. The lowest BCUT2D eigenvalue weighted by atomic mass is 10.2. The summed E-state index contributed by atoms with van der Waals surface area (Å²) in [7, 11) is 0. The Morgan fingerprint density at radius 1 is 1.32 bits per heavy atom. The van der Waals surface area contributed by atoms with Gasteiger partial charge in [0.2, 0.25) is 0 Å². The zero-order valence-electron chi connectivity index (χ0n) is 9.98. The molecule has 7 heteroatoms. The molecule has 1 aromatic carbocycles. The minimum atomic E-state index is -4.94. The Morgan fingerprint density at radius 2 is 1.95 bits per heavy atom. The van der Waals surface area contributed by atoms with Crippen LogP contribution in [0.4, 0.5) is 13.2 Å². The van der Waals surface area contributed by atoms with Crippen molar-refractivity contribution in [3.05, 3.63) is 35.9 Å². The zero-order chi connectivity index (χ0) is 14.3. The molecule has 0 aromatic heterocycles. The summed E-state index contributed by atoms with van der Waals surface area (Å²) in [5.41, 5.74) is 0.883. The first-order valence-electron chi connectivity index (χ1n) is 5.54. The van der Waals surface area contributed by atoms with Gasteiger partial charge in [-0.3, -0.25) is 4.79 Å². The number of alkyl halides is 3. The number of ether oxygens (including phenoxy) is 1. The molecule has 0 saturated heterocycles. The summed E-state index contributed by atoms with van der Waals surface area (Å²) in [6.45, 7) is -0.425. The van der Waals surface area contributed by atoms with E-state index in [1.54, 1.807) is 5.32 Å². The summed E-state index contributed by atoms with van der Waals surface area (Å²) < 4.78 is 40.7. The first kappa shape index (κ1) is 15.5. The van der Waals surface area contributed by atoms with Gasteiger partial charge in [-0.1, -0.05) is 30.3 Å². The average Bonchev–Trinajstić information content (AvgIpc) is 2.36. The topological polar surface area (TPSA) is 58.6 Å². The molecule has 0 aliphatic rings. The van der Waals surface area contributed by atoms with E-state index < -0.39 is 24.7 Å². The van der Waals surface area contributed by atoms with Crippen molar-refractivity contribution in [2.24, 2.45) is 0 Å². The number of hydrogen-bond donors (Lipinski definition) is 2. The molecule has 19 heavy (non-hydrogen) atoms. The van der Waals surface area contributed by atoms with Crippen LogP contribution in [-0.2, 0) is 16.1 Å². The molecule has 0 bridgehead atoms. The van der Waals surface area contributed by atoms with Crippen molar-refractivity contribution < 1.29 is 27.8 Å². The minimum Gasteiger partial charge on any atom is -0.389 e. The highest BCUT2D eigenvalue weighted by atomic mass is 19.4. The number of amides is 1. The molecule has 1 aromatic rings. The molecular weight excluding hydrogens is 263 g/mol. The predicted octanol–water partition coefficient (Wildman–Crippen LogP) is 1.24. The van der Waals surface area contributed by atoms with Gasteiger partial charge in [0.1, 0.15) is 0 Å². The van der Waals surface area contributed by atoms with Crippen molar-refractivity contribution in [3.8, 4) is 0 Å². The summed E-state index contributed by atoms with van der Waals surface area (Å²) in [5, 5.41) is 10.9. The number of aliphatic hydroxyl groups is 1. The smallest absolute Gasteiger partial charge is 0.389 e. The number of nitrogens with one attached hydrogen (secondary N) is 1. The summed E-state index contributed by atoms with van der Waals surface area (Å²) in [6, 6.07) is 9.11. The fourth-order valence-corrected chi connectivity index (χ4v) is 1.26. The minimum absolute atomic E-state index is 0.160. The first-order chi connectivity index (χ1) is 8.89. The van der Waals surface area contributed by atoms with Crippen LogP contribution in [0.1, 0.15) is 5.56 Å². The molecule has 0 heterocycles. The van der Waals surface area contributed by atoms with Crippen LogP contribution in [0.15, 0.2) is 30.3 Å². The highest BCUT2D eigenvalue weighted by Crippen LogP contribution is 2.13. The van der Waals surface area contributed by atoms with E-state index in [1.807, 2.05) is 30.3 Å². The van der Waals surface area contributed by atoms with Crippen molar-refractivity contribution in [2.45, 2.75) is 18.9 Å². The molecule has 4 nitrogen and oxygen atoms in total. The van der Waals surface area contributed by atoms with Crippen LogP contribution < -0.4 is 5.32 Å². The standard InChI is InChI=1S/C12H14F3NO3/c13-12(14,15)11(18)16-6-10(17)8-19-7-9-4-2-1-3-5-9/h1-5,10,17H,6-8H2,(H,16,18)/t10-/m1/s1. The van der Waals surface area contributed by atoms with Crippen molar-refractivity contribution in [1.29, 1.82) is 0 Å². The van der Waals surface area contributed by atoms with Gasteiger partial charge in [0, 0.05) is 6.54 Å². The van der Waals surface area contributed by atoms with Crippen LogP contribution in [0.3, 0.4) is 0 Å². The lowest BCUT2D eigenvalue weighted by Crippen LogP contribution is -2.41. The van der Waals surface area contributed by atoms with Gasteiger partial charge in [-0.15, -0.1) is 0 Å². The second-order valence-electron chi connectivity index (χ2n) is 3.86. The van der Waals surface area contributed by atoms with Gasteiger partial charge in [-0.2, -0.15) is 13.2 Å². The summed E-state index contributed by atoms with van der Waals surface area (Å²) >= 11 is 0. The van der Waals surface area contributed by atoms with E-state index in [0.29, 0.717) is 0 Å². The van der Waals surface area contributed by atoms with Gasteiger partial charge in [-0.05, 0) is 5.56 Å². The summed E-state index contributed by atoms with van der Waals surface area (Å²) in [5.74, 6) is -2.07. The number of halogens is 3. The van der Waals surface area contributed by atoms with Crippen LogP contribution in [-0.4, -0.2) is 36.4 Å². The third-order valence-corrected chi connectivity index (χ3v) is 2.18. The van der Waals surface area contributed by atoms with Crippen LogP contribution >= 0.6 is 0 Å². The molecule has 0 saturated carbocycles. The number of rotatable bonds is 6. The molecule has 1 rings (SSSR count). The molecule has 106 valence electrons. The molecule has 0 unspecified atom stereocenters. The van der Waals surface area contributed by atoms with Gasteiger partial charge in [0.15, 0.2) is 0 Å². The quantitative estimate of drug-likeness (QED) is 0.822. The largest absolute Gasteiger partial charge is 0.471 e. The van der Waals surface area contributed by atoms with Crippen molar-refractivity contribution in [2.75, 3.05) is 13.2 Å². The fraction of sp³-hybridized carbons (Fsp3) is 0.417. The SMILES string of the molecule is O=C(NC[C@@H](O)COCc1ccccc1)C(F)(F)F. The third kappa shape index (κ3) is 6.21. The molecule has 0 fully saturated rings. The van der Waals surface area contributed by atoms with Gasteiger partial charge >= 0.3 is 12.1 Å². The molecule has 0 aliphatic carbocycles. The maximum absolute atomic E-state index is 11.8. The summed E-state index contributed by atoms with van der Waals surface area (Å²) in [4.78, 5) is 10.5. The molecule has 1 amide bonds. The van der Waals surface area contributed by atoms with Crippen molar-refractivity contribution >= 4 is 5.91 Å². The number of aliphatic hydroxyl groups excluding tert-OH is 1. The molecule has 0 aliphatic heterocycles. The van der Waals surface area contributed by atoms with E-state index in [4.69, 9.17) is 4.74 Å². The molecule has 0 spiro atoms. The van der Waals surface area contributed by atoms with E-state index in [9.17, 15) is 23.1 Å². The maximum Gasteiger partial charge on any atom is 0.471 e. The molecular formula is C12H14F3NO3. The maximum atomic E-state index is 11.8. The monoisotopic (exact) mass is 277 g/mol. The van der Waals surface area contributed by atoms with Gasteiger partial charge in [-0.25, -0.2) is 0 Å². The normalized spacial score (nSPS) is 13.1. The first-order valence-corrected chi connectivity index (χ1v) is 5.54.